The summed E-state index contributed by atoms with van der Waals surface area (Å²) in [6.45, 7) is 4.74. The predicted molar refractivity (Wildman–Crippen MR) is 84.5 cm³/mol. The zero-order valence-corrected chi connectivity index (χ0v) is 13.0. The Morgan fingerprint density at radius 1 is 1.38 bits per heavy atom. The molecule has 0 aliphatic heterocycles. The molecule has 1 aromatic carbocycles. The minimum atomic E-state index is 0.129. The number of imidazole rings is 1. The molecule has 0 aliphatic rings. The summed E-state index contributed by atoms with van der Waals surface area (Å²) in [7, 11) is 1.54. The third-order valence-electron chi connectivity index (χ3n) is 3.38. The number of aromatic nitrogens is 2. The van der Waals surface area contributed by atoms with Gasteiger partial charge in [0.15, 0.2) is 16.5 Å². The van der Waals surface area contributed by atoms with Gasteiger partial charge in [-0.25, -0.2) is 4.98 Å². The van der Waals surface area contributed by atoms with Crippen LogP contribution in [0.2, 0.25) is 0 Å². The van der Waals surface area contributed by atoms with E-state index in [1.165, 1.54) is 12.0 Å². The summed E-state index contributed by atoms with van der Waals surface area (Å²) >= 11 is 1.68. The number of hydrogen-bond acceptors (Lipinski definition) is 5. The van der Waals surface area contributed by atoms with Crippen LogP contribution in [0.1, 0.15) is 16.3 Å². The van der Waals surface area contributed by atoms with Gasteiger partial charge in [0, 0.05) is 22.8 Å². The number of fused-ring (bicyclic) bond motifs is 1. The molecule has 0 radical (unpaired) electrons. The van der Waals surface area contributed by atoms with E-state index >= 15 is 0 Å². The second-order valence-corrected chi connectivity index (χ2v) is 6.09. The first-order valence-electron chi connectivity index (χ1n) is 6.63. The van der Waals surface area contributed by atoms with Gasteiger partial charge in [-0.1, -0.05) is 0 Å². The van der Waals surface area contributed by atoms with Crippen LogP contribution in [0.3, 0.4) is 0 Å². The lowest BCUT2D eigenvalue weighted by atomic mass is 10.2. The number of methoxy groups -OCH3 is 1. The number of nitrogens with one attached hydrogen (secondary N) is 1. The zero-order chi connectivity index (χ0) is 15.0. The summed E-state index contributed by atoms with van der Waals surface area (Å²) in [6, 6.07) is 5.28. The van der Waals surface area contributed by atoms with E-state index in [9.17, 15) is 5.11 Å². The Morgan fingerprint density at radius 2 is 2.19 bits per heavy atom. The number of nitrogens with zero attached hydrogens (tertiary/aromatic N) is 2. The Kier molecular flexibility index (Phi) is 3.47. The molecule has 0 amide bonds. The van der Waals surface area contributed by atoms with Crippen molar-refractivity contribution in [2.45, 2.75) is 20.4 Å². The van der Waals surface area contributed by atoms with Gasteiger partial charge in [-0.3, -0.25) is 4.40 Å². The lowest BCUT2D eigenvalue weighted by Crippen LogP contribution is -2.03. The molecule has 0 saturated carbocycles. The molecule has 0 saturated heterocycles. The van der Waals surface area contributed by atoms with Crippen molar-refractivity contribution in [3.63, 3.8) is 0 Å². The maximum Gasteiger partial charge on any atom is 0.194 e. The van der Waals surface area contributed by atoms with Crippen LogP contribution < -0.4 is 10.1 Å². The highest BCUT2D eigenvalue weighted by atomic mass is 32.1. The molecule has 0 unspecified atom stereocenters. The van der Waals surface area contributed by atoms with Crippen molar-refractivity contribution in [2.75, 3.05) is 12.4 Å². The lowest BCUT2D eigenvalue weighted by Gasteiger charge is -2.09. The molecule has 2 N–H and O–H groups in total. The number of thiazole rings is 1. The first kappa shape index (κ1) is 13.8. The average Bonchev–Trinajstić information content (AvgIpc) is 2.92. The maximum absolute atomic E-state index is 9.80. The van der Waals surface area contributed by atoms with Crippen molar-refractivity contribution in [3.8, 4) is 11.5 Å². The summed E-state index contributed by atoms with van der Waals surface area (Å²) in [4.78, 5) is 6.81. The Bertz CT molecular complexity index is 792. The first-order valence-corrected chi connectivity index (χ1v) is 7.45. The van der Waals surface area contributed by atoms with Crippen LogP contribution in [0.15, 0.2) is 24.4 Å². The number of aromatic hydroxyl groups is 1. The van der Waals surface area contributed by atoms with Crippen molar-refractivity contribution < 1.29 is 9.84 Å². The van der Waals surface area contributed by atoms with Crippen molar-refractivity contribution >= 4 is 22.0 Å². The minimum Gasteiger partial charge on any atom is -0.504 e. The Hall–Kier alpha value is -2.21. The highest BCUT2D eigenvalue weighted by Gasteiger charge is 2.11. The molecule has 0 atom stereocenters. The third-order valence-corrected chi connectivity index (χ3v) is 4.28. The largest absolute Gasteiger partial charge is 0.504 e. The maximum atomic E-state index is 9.80. The van der Waals surface area contributed by atoms with E-state index in [0.717, 1.165) is 22.0 Å². The van der Waals surface area contributed by atoms with Crippen LogP contribution in [-0.2, 0) is 6.54 Å². The molecule has 0 fully saturated rings. The smallest absolute Gasteiger partial charge is 0.194 e. The van der Waals surface area contributed by atoms with Crippen LogP contribution in [0.5, 0.6) is 11.5 Å². The SMILES string of the molecule is COc1ccc(NCc2c(C)nc3sc(C)cn23)cc1O. The highest BCUT2D eigenvalue weighted by molar-refractivity contribution is 7.17. The summed E-state index contributed by atoms with van der Waals surface area (Å²) in [5.74, 6) is 0.598. The average molecular weight is 303 g/mol. The molecule has 3 aromatic rings. The number of benzene rings is 1. The molecule has 2 aromatic heterocycles. The summed E-state index contributed by atoms with van der Waals surface area (Å²) in [5.41, 5.74) is 2.99. The van der Waals surface area contributed by atoms with Gasteiger partial charge in [0.1, 0.15) is 0 Å². The standard InChI is InChI=1S/C15H17N3O2S/c1-9-8-18-12(10(2)17-15(18)21-9)7-16-11-4-5-14(20-3)13(19)6-11/h4-6,8,16,19H,7H2,1-3H3. The second-order valence-electron chi connectivity index (χ2n) is 4.88. The van der Waals surface area contributed by atoms with E-state index < -0.39 is 0 Å². The molecule has 0 spiro atoms. The fourth-order valence-electron chi connectivity index (χ4n) is 2.31. The van der Waals surface area contributed by atoms with Crippen molar-refractivity contribution in [3.05, 3.63) is 40.7 Å². The summed E-state index contributed by atoms with van der Waals surface area (Å²) in [6.07, 6.45) is 2.10. The van der Waals surface area contributed by atoms with E-state index in [1.54, 1.807) is 23.5 Å². The number of ether oxygens (including phenoxy) is 1. The quantitative estimate of drug-likeness (QED) is 0.776. The van der Waals surface area contributed by atoms with Crippen LogP contribution in [0.25, 0.3) is 4.96 Å². The van der Waals surface area contributed by atoms with Crippen molar-refractivity contribution in [1.82, 2.24) is 9.38 Å². The predicted octanol–water partition coefficient (Wildman–Crippen LogP) is 3.34. The number of phenolic OH excluding ortho intramolecular Hbond substituents is 1. The van der Waals surface area contributed by atoms with E-state index in [0.29, 0.717) is 12.3 Å². The fourth-order valence-corrected chi connectivity index (χ4v) is 3.20. The molecule has 6 heteroatoms. The highest BCUT2D eigenvalue weighted by Crippen LogP contribution is 2.29. The topological polar surface area (TPSA) is 58.8 Å². The molecule has 2 heterocycles. The van der Waals surface area contributed by atoms with E-state index in [-0.39, 0.29) is 5.75 Å². The van der Waals surface area contributed by atoms with Gasteiger partial charge in [-0.15, -0.1) is 11.3 Å². The number of aryl methyl sites for hydroxylation is 2. The summed E-state index contributed by atoms with van der Waals surface area (Å²) in [5, 5.41) is 13.1. The van der Waals surface area contributed by atoms with Gasteiger partial charge in [0.2, 0.25) is 0 Å². The molecular formula is C15H17N3O2S. The van der Waals surface area contributed by atoms with E-state index in [2.05, 4.69) is 27.8 Å². The molecule has 3 rings (SSSR count). The van der Waals surface area contributed by atoms with Gasteiger partial charge in [0.25, 0.3) is 0 Å². The zero-order valence-electron chi connectivity index (χ0n) is 12.2. The van der Waals surface area contributed by atoms with E-state index in [4.69, 9.17) is 4.74 Å². The lowest BCUT2D eigenvalue weighted by molar-refractivity contribution is 0.373. The van der Waals surface area contributed by atoms with Gasteiger partial charge in [0.05, 0.1) is 25.0 Å². The number of anilines is 1. The monoisotopic (exact) mass is 303 g/mol. The number of phenols is 1. The van der Waals surface area contributed by atoms with Crippen LogP contribution >= 0.6 is 11.3 Å². The molecule has 0 bridgehead atoms. The van der Waals surface area contributed by atoms with Crippen LogP contribution in [-0.4, -0.2) is 21.6 Å². The first-order chi connectivity index (χ1) is 10.1. The molecule has 5 nitrogen and oxygen atoms in total. The van der Waals surface area contributed by atoms with Crippen LogP contribution in [0.4, 0.5) is 5.69 Å². The number of hydrogen-bond donors (Lipinski definition) is 2. The van der Waals surface area contributed by atoms with Crippen molar-refractivity contribution in [2.24, 2.45) is 0 Å². The van der Waals surface area contributed by atoms with Gasteiger partial charge in [-0.2, -0.15) is 0 Å². The summed E-state index contributed by atoms with van der Waals surface area (Å²) < 4.78 is 7.16. The minimum absolute atomic E-state index is 0.129. The second kappa shape index (κ2) is 5.29. The molecule has 21 heavy (non-hydrogen) atoms. The molecular weight excluding hydrogens is 286 g/mol. The molecule has 110 valence electrons. The van der Waals surface area contributed by atoms with Gasteiger partial charge >= 0.3 is 0 Å². The Labute approximate surface area is 126 Å². The Balaban J connectivity index is 1.83. The van der Waals surface area contributed by atoms with Gasteiger partial charge in [-0.05, 0) is 26.0 Å². The normalized spacial score (nSPS) is 11.0. The van der Waals surface area contributed by atoms with Gasteiger partial charge < -0.3 is 15.2 Å². The van der Waals surface area contributed by atoms with Crippen molar-refractivity contribution in [1.29, 1.82) is 0 Å². The van der Waals surface area contributed by atoms with E-state index in [1.807, 2.05) is 13.0 Å². The Morgan fingerprint density at radius 3 is 2.90 bits per heavy atom. The fraction of sp³-hybridized carbons (Fsp3) is 0.267. The van der Waals surface area contributed by atoms with Crippen LogP contribution in [0, 0.1) is 13.8 Å². The number of rotatable bonds is 4. The molecule has 0 aliphatic carbocycles. The third kappa shape index (κ3) is 2.54.